The summed E-state index contributed by atoms with van der Waals surface area (Å²) in [5, 5.41) is 16.8. The fraction of sp³-hybridized carbons (Fsp3) is 0.333. The van der Waals surface area contributed by atoms with Crippen LogP contribution in [0.25, 0.3) is 10.8 Å². The van der Waals surface area contributed by atoms with Gasteiger partial charge in [0.05, 0.1) is 9.82 Å². The van der Waals surface area contributed by atoms with E-state index in [0.29, 0.717) is 0 Å². The molecule has 1 fully saturated rings. The van der Waals surface area contributed by atoms with Gasteiger partial charge in [0.25, 0.3) is 5.69 Å². The van der Waals surface area contributed by atoms with Gasteiger partial charge >= 0.3 is 0 Å². The lowest BCUT2D eigenvalue weighted by Crippen LogP contribution is -2.52. The molecular formula is C24H28ClN3O4S. The number of non-ortho nitro benzene ring substituents is 1. The maximum absolute atomic E-state index is 12.9. The summed E-state index contributed by atoms with van der Waals surface area (Å²) in [5.41, 5.74) is 1.02. The van der Waals surface area contributed by atoms with Crippen LogP contribution in [0, 0.1) is 10.1 Å². The first kappa shape index (κ1) is 25.1. The van der Waals surface area contributed by atoms with Crippen LogP contribution in [0.4, 0.5) is 5.69 Å². The first-order valence-electron chi connectivity index (χ1n) is 10.8. The van der Waals surface area contributed by atoms with Crippen LogP contribution in [-0.4, -0.2) is 25.4 Å². The molecule has 3 aromatic rings. The van der Waals surface area contributed by atoms with Crippen molar-refractivity contribution in [1.82, 2.24) is 10.0 Å². The van der Waals surface area contributed by atoms with E-state index in [2.05, 4.69) is 47.3 Å². The van der Waals surface area contributed by atoms with Gasteiger partial charge in [0.1, 0.15) is 0 Å². The van der Waals surface area contributed by atoms with Crippen LogP contribution in [0.5, 0.6) is 0 Å². The largest absolute Gasteiger partial charge is 0.306 e. The van der Waals surface area contributed by atoms with Crippen LogP contribution in [0.15, 0.2) is 71.6 Å². The normalized spacial score (nSPS) is 19.5. The molecule has 4 rings (SSSR count). The monoisotopic (exact) mass is 489 g/mol. The van der Waals surface area contributed by atoms with E-state index in [1.807, 2.05) is 12.1 Å². The van der Waals surface area contributed by atoms with Gasteiger partial charge in [-0.25, -0.2) is 13.1 Å². The minimum atomic E-state index is -3.78. The third kappa shape index (κ3) is 5.89. The number of hydrogen-bond acceptors (Lipinski definition) is 5. The predicted octanol–water partition coefficient (Wildman–Crippen LogP) is 5.11. The van der Waals surface area contributed by atoms with Crippen molar-refractivity contribution < 1.29 is 13.3 Å². The van der Waals surface area contributed by atoms with Gasteiger partial charge in [0, 0.05) is 30.3 Å². The van der Waals surface area contributed by atoms with Crippen molar-refractivity contribution in [1.29, 1.82) is 0 Å². The average Bonchev–Trinajstić information content (AvgIpc) is 2.80. The Kier molecular flexibility index (Phi) is 8.07. The molecule has 0 aliphatic heterocycles. The molecule has 1 aliphatic rings. The molecule has 0 aromatic heterocycles. The molecular weight excluding hydrogens is 462 g/mol. The molecule has 1 unspecified atom stereocenters. The molecule has 7 nitrogen and oxygen atoms in total. The smallest absolute Gasteiger partial charge is 0.269 e. The number of nitro benzene ring substituents is 1. The Bertz CT molecular complexity index is 1220. The summed E-state index contributed by atoms with van der Waals surface area (Å²) in [6.45, 7) is 2.10. The number of halogens is 1. The SMILES string of the molecule is CC(N[C@@H]1CCCC[C@H]1NS(=O)(=O)c1ccc([N+](=O)[O-])cc1)c1ccc2ccccc2c1.Cl. The number of sulfonamides is 1. The summed E-state index contributed by atoms with van der Waals surface area (Å²) in [5.74, 6) is 0. The third-order valence-electron chi connectivity index (χ3n) is 6.17. The van der Waals surface area contributed by atoms with E-state index in [-0.39, 0.29) is 41.1 Å². The molecule has 33 heavy (non-hydrogen) atoms. The van der Waals surface area contributed by atoms with Gasteiger partial charge in [-0.15, -0.1) is 12.4 Å². The van der Waals surface area contributed by atoms with E-state index in [1.54, 1.807) is 0 Å². The second kappa shape index (κ2) is 10.6. The first-order valence-corrected chi connectivity index (χ1v) is 12.3. The molecule has 0 radical (unpaired) electrons. The van der Waals surface area contributed by atoms with Crippen molar-refractivity contribution in [2.24, 2.45) is 0 Å². The molecule has 2 N–H and O–H groups in total. The number of nitrogens with zero attached hydrogens (tertiary/aromatic N) is 1. The van der Waals surface area contributed by atoms with Crippen molar-refractivity contribution >= 4 is 38.9 Å². The lowest BCUT2D eigenvalue weighted by Gasteiger charge is -2.35. The molecule has 0 amide bonds. The zero-order valence-corrected chi connectivity index (χ0v) is 19.9. The summed E-state index contributed by atoms with van der Waals surface area (Å²) in [4.78, 5) is 10.3. The molecule has 3 aromatic carbocycles. The van der Waals surface area contributed by atoms with Crippen molar-refractivity contribution in [3.05, 3.63) is 82.4 Å². The van der Waals surface area contributed by atoms with Crippen LogP contribution in [-0.2, 0) is 10.0 Å². The maximum Gasteiger partial charge on any atom is 0.269 e. The number of nitrogens with one attached hydrogen (secondary N) is 2. The highest BCUT2D eigenvalue weighted by atomic mass is 35.5. The van der Waals surface area contributed by atoms with Crippen LogP contribution < -0.4 is 10.0 Å². The Morgan fingerprint density at radius 2 is 1.58 bits per heavy atom. The fourth-order valence-electron chi connectivity index (χ4n) is 4.38. The standard InChI is InChI=1S/C24H27N3O4S.ClH/c1-17(19-11-10-18-6-2-3-7-20(18)16-19)25-23-8-4-5-9-24(23)26-32(30,31)22-14-12-21(13-15-22)27(28)29;/h2-3,6-7,10-17,23-26H,4-5,8-9H2,1H3;1H/t17?,23-,24-;/m1./s1. The molecule has 1 saturated carbocycles. The van der Waals surface area contributed by atoms with Gasteiger partial charge in [-0.2, -0.15) is 0 Å². The highest BCUT2D eigenvalue weighted by Crippen LogP contribution is 2.26. The lowest BCUT2D eigenvalue weighted by molar-refractivity contribution is -0.384. The van der Waals surface area contributed by atoms with E-state index in [1.165, 1.54) is 35.0 Å². The number of fused-ring (bicyclic) bond motifs is 1. The van der Waals surface area contributed by atoms with Crippen molar-refractivity contribution in [3.63, 3.8) is 0 Å². The second-order valence-electron chi connectivity index (χ2n) is 8.36. The molecule has 9 heteroatoms. The van der Waals surface area contributed by atoms with Gasteiger partial charge in [-0.05, 0) is 54.3 Å². The van der Waals surface area contributed by atoms with Gasteiger partial charge in [-0.3, -0.25) is 10.1 Å². The van der Waals surface area contributed by atoms with Crippen molar-refractivity contribution in [2.45, 2.75) is 55.6 Å². The molecule has 176 valence electrons. The number of nitro groups is 1. The molecule has 1 aliphatic carbocycles. The number of rotatable bonds is 7. The highest BCUT2D eigenvalue weighted by molar-refractivity contribution is 7.89. The van der Waals surface area contributed by atoms with Crippen molar-refractivity contribution in [2.75, 3.05) is 0 Å². The fourth-order valence-corrected chi connectivity index (χ4v) is 5.69. The summed E-state index contributed by atoms with van der Waals surface area (Å²) in [6, 6.07) is 19.4. The minimum Gasteiger partial charge on any atom is -0.306 e. The molecule has 0 heterocycles. The number of benzene rings is 3. The van der Waals surface area contributed by atoms with E-state index < -0.39 is 14.9 Å². The second-order valence-corrected chi connectivity index (χ2v) is 10.1. The van der Waals surface area contributed by atoms with E-state index in [4.69, 9.17) is 0 Å². The number of hydrogen-bond donors (Lipinski definition) is 2. The van der Waals surface area contributed by atoms with Gasteiger partial charge in [0.15, 0.2) is 0 Å². The quantitative estimate of drug-likeness (QED) is 0.354. The third-order valence-corrected chi connectivity index (χ3v) is 7.67. The Balaban J connectivity index is 0.00000306. The average molecular weight is 490 g/mol. The lowest BCUT2D eigenvalue weighted by atomic mass is 9.90. The van der Waals surface area contributed by atoms with E-state index in [0.717, 1.165) is 31.2 Å². The summed E-state index contributed by atoms with van der Waals surface area (Å²) < 4.78 is 28.7. The van der Waals surface area contributed by atoms with Crippen LogP contribution >= 0.6 is 12.4 Å². The van der Waals surface area contributed by atoms with Gasteiger partial charge in [-0.1, -0.05) is 49.2 Å². The van der Waals surface area contributed by atoms with Gasteiger partial charge in [0.2, 0.25) is 10.0 Å². The van der Waals surface area contributed by atoms with Crippen LogP contribution in [0.3, 0.4) is 0 Å². The maximum atomic E-state index is 12.9. The molecule has 3 atom stereocenters. The zero-order valence-electron chi connectivity index (χ0n) is 18.3. The zero-order chi connectivity index (χ0) is 22.7. The minimum absolute atomic E-state index is 0. The summed E-state index contributed by atoms with van der Waals surface area (Å²) >= 11 is 0. The Morgan fingerprint density at radius 1 is 0.939 bits per heavy atom. The summed E-state index contributed by atoms with van der Waals surface area (Å²) in [6.07, 6.45) is 3.62. The van der Waals surface area contributed by atoms with E-state index in [9.17, 15) is 18.5 Å². The molecule has 0 bridgehead atoms. The van der Waals surface area contributed by atoms with E-state index >= 15 is 0 Å². The first-order chi connectivity index (χ1) is 15.3. The highest BCUT2D eigenvalue weighted by Gasteiger charge is 2.30. The Hall–Kier alpha value is -2.52. The predicted molar refractivity (Wildman–Crippen MR) is 132 cm³/mol. The topological polar surface area (TPSA) is 101 Å². The van der Waals surface area contributed by atoms with Gasteiger partial charge < -0.3 is 5.32 Å². The van der Waals surface area contributed by atoms with Crippen molar-refractivity contribution in [3.8, 4) is 0 Å². The summed E-state index contributed by atoms with van der Waals surface area (Å²) in [7, 11) is -3.78. The Morgan fingerprint density at radius 3 is 2.24 bits per heavy atom. The van der Waals surface area contributed by atoms with Crippen LogP contribution in [0.1, 0.15) is 44.2 Å². The van der Waals surface area contributed by atoms with Crippen LogP contribution in [0.2, 0.25) is 0 Å². The Labute approximate surface area is 200 Å². The molecule has 0 spiro atoms. The molecule has 0 saturated heterocycles.